The molecule has 1 N–H and O–H groups in total. The van der Waals surface area contributed by atoms with E-state index < -0.39 is 0 Å². The predicted octanol–water partition coefficient (Wildman–Crippen LogP) is 8.60. The van der Waals surface area contributed by atoms with Crippen molar-refractivity contribution in [2.45, 2.75) is 97.3 Å². The molecule has 0 aromatic heterocycles. The zero-order valence-electron chi connectivity index (χ0n) is 18.6. The Bertz CT molecular complexity index is 693. The Balaban J connectivity index is 1.96. The minimum atomic E-state index is 0.240. The van der Waals surface area contributed by atoms with Gasteiger partial charge in [-0.2, -0.15) is 0 Å². The second kappa shape index (κ2) is 14.1. The Labute approximate surface area is 178 Å². The van der Waals surface area contributed by atoms with E-state index in [-0.39, 0.29) is 5.75 Å². The summed E-state index contributed by atoms with van der Waals surface area (Å²) < 4.78 is 6.29. The second-order valence-corrected chi connectivity index (χ2v) is 8.16. The van der Waals surface area contributed by atoms with Crippen molar-refractivity contribution >= 4 is 0 Å². The van der Waals surface area contributed by atoms with E-state index >= 15 is 0 Å². The van der Waals surface area contributed by atoms with Crippen molar-refractivity contribution in [2.75, 3.05) is 0 Å². The van der Waals surface area contributed by atoms with Crippen LogP contribution in [0.5, 0.6) is 17.2 Å². The highest BCUT2D eigenvalue weighted by Gasteiger charge is 2.12. The number of rotatable bonds is 15. The molecule has 0 fully saturated rings. The number of hydrogen-bond acceptors (Lipinski definition) is 2. The summed E-state index contributed by atoms with van der Waals surface area (Å²) in [7, 11) is 0. The number of ether oxygens (including phenoxy) is 1. The molecule has 0 aliphatic carbocycles. The summed E-state index contributed by atoms with van der Waals surface area (Å²) in [4.78, 5) is 0. The Kier molecular flexibility index (Phi) is 11.3. The molecule has 0 aliphatic rings. The first-order valence-electron chi connectivity index (χ1n) is 11.8. The molecular formula is C27H40O2. The van der Waals surface area contributed by atoms with E-state index in [1.807, 2.05) is 18.2 Å². The molecule has 2 aromatic rings. The van der Waals surface area contributed by atoms with Crippen LogP contribution in [0, 0.1) is 0 Å². The van der Waals surface area contributed by atoms with Gasteiger partial charge in [0.05, 0.1) is 0 Å². The Hall–Kier alpha value is -1.96. The number of phenolic OH excluding ortho intramolecular Hbond substituents is 1. The molecule has 2 aromatic carbocycles. The number of unbranched alkanes of at least 4 members (excludes halogenated alkanes) is 9. The monoisotopic (exact) mass is 396 g/mol. The quantitative estimate of drug-likeness (QED) is 0.305. The summed E-state index contributed by atoms with van der Waals surface area (Å²) in [6, 6.07) is 14.0. The van der Waals surface area contributed by atoms with Gasteiger partial charge in [-0.15, -0.1) is 0 Å². The molecular weight excluding hydrogens is 356 g/mol. The highest BCUT2D eigenvalue weighted by Crippen LogP contribution is 2.36. The van der Waals surface area contributed by atoms with Gasteiger partial charge >= 0.3 is 0 Å². The normalized spacial score (nSPS) is 11.0. The number of phenols is 1. The zero-order chi connectivity index (χ0) is 20.7. The predicted molar refractivity (Wildman–Crippen MR) is 124 cm³/mol. The highest BCUT2D eigenvalue weighted by atomic mass is 16.5. The van der Waals surface area contributed by atoms with E-state index in [0.717, 1.165) is 30.6 Å². The number of hydrogen-bond donors (Lipinski definition) is 1. The van der Waals surface area contributed by atoms with Crippen LogP contribution in [0.3, 0.4) is 0 Å². The van der Waals surface area contributed by atoms with Crippen molar-refractivity contribution < 1.29 is 9.84 Å². The molecule has 0 unspecified atom stereocenters. The van der Waals surface area contributed by atoms with Gasteiger partial charge in [0.1, 0.15) is 5.75 Å². The SMILES string of the molecule is CCCCCCCCCc1ccccc1Oc1c(O)cccc1CCCCCC. The maximum Gasteiger partial charge on any atom is 0.172 e. The molecule has 0 spiro atoms. The van der Waals surface area contributed by atoms with Crippen LogP contribution < -0.4 is 4.74 Å². The molecule has 0 aliphatic heterocycles. The van der Waals surface area contributed by atoms with E-state index in [2.05, 4.69) is 32.0 Å². The van der Waals surface area contributed by atoms with Crippen molar-refractivity contribution in [3.63, 3.8) is 0 Å². The summed E-state index contributed by atoms with van der Waals surface area (Å²) >= 11 is 0. The fourth-order valence-electron chi connectivity index (χ4n) is 3.82. The third kappa shape index (κ3) is 8.51. The summed E-state index contributed by atoms with van der Waals surface area (Å²) in [5, 5.41) is 10.4. The first-order valence-corrected chi connectivity index (χ1v) is 11.8. The Morgan fingerprint density at radius 1 is 0.621 bits per heavy atom. The average Bonchev–Trinajstić information content (AvgIpc) is 2.73. The Morgan fingerprint density at radius 2 is 1.17 bits per heavy atom. The first kappa shape index (κ1) is 23.3. The molecule has 2 nitrogen and oxygen atoms in total. The average molecular weight is 397 g/mol. The molecule has 160 valence electrons. The molecule has 0 saturated heterocycles. The number of benzene rings is 2. The van der Waals surface area contributed by atoms with E-state index in [1.165, 1.54) is 69.8 Å². The van der Waals surface area contributed by atoms with Crippen LogP contribution in [0.1, 0.15) is 95.6 Å². The topological polar surface area (TPSA) is 29.5 Å². The minimum Gasteiger partial charge on any atom is -0.504 e. The van der Waals surface area contributed by atoms with Crippen molar-refractivity contribution in [3.8, 4) is 17.2 Å². The number of aryl methyl sites for hydroxylation is 2. The highest BCUT2D eigenvalue weighted by molar-refractivity contribution is 5.49. The van der Waals surface area contributed by atoms with Gasteiger partial charge in [0.15, 0.2) is 11.5 Å². The van der Waals surface area contributed by atoms with Gasteiger partial charge in [0, 0.05) is 0 Å². The first-order chi connectivity index (χ1) is 14.3. The van der Waals surface area contributed by atoms with E-state index in [9.17, 15) is 5.11 Å². The fraction of sp³-hybridized carbons (Fsp3) is 0.556. The van der Waals surface area contributed by atoms with Crippen LogP contribution in [0.2, 0.25) is 0 Å². The lowest BCUT2D eigenvalue weighted by Crippen LogP contribution is -1.97. The third-order valence-electron chi connectivity index (χ3n) is 5.61. The maximum atomic E-state index is 10.4. The van der Waals surface area contributed by atoms with Gasteiger partial charge in [0.25, 0.3) is 0 Å². The molecule has 2 rings (SSSR count). The van der Waals surface area contributed by atoms with Crippen LogP contribution in [0.25, 0.3) is 0 Å². The molecule has 0 heterocycles. The largest absolute Gasteiger partial charge is 0.504 e. The van der Waals surface area contributed by atoms with E-state index in [4.69, 9.17) is 4.74 Å². The molecule has 29 heavy (non-hydrogen) atoms. The maximum absolute atomic E-state index is 10.4. The molecule has 2 heteroatoms. The standard InChI is InChI=1S/C27H40O2/c1-3-5-7-9-10-11-13-17-23-18-14-15-22-26(23)29-27-24(19-12-8-6-4-2)20-16-21-25(27)28/h14-16,18,20-22,28H,3-13,17,19H2,1-2H3. The third-order valence-corrected chi connectivity index (χ3v) is 5.61. The van der Waals surface area contributed by atoms with Crippen LogP contribution in [0.4, 0.5) is 0 Å². The van der Waals surface area contributed by atoms with Crippen LogP contribution in [-0.2, 0) is 12.8 Å². The summed E-state index contributed by atoms with van der Waals surface area (Å²) in [6.07, 6.45) is 16.0. The van der Waals surface area contributed by atoms with Gasteiger partial charge in [-0.1, -0.05) is 102 Å². The smallest absolute Gasteiger partial charge is 0.172 e. The molecule has 0 saturated carbocycles. The van der Waals surface area contributed by atoms with Crippen LogP contribution in [-0.4, -0.2) is 5.11 Å². The molecule has 0 atom stereocenters. The molecule has 0 bridgehead atoms. The van der Waals surface area contributed by atoms with Crippen molar-refractivity contribution in [3.05, 3.63) is 53.6 Å². The lowest BCUT2D eigenvalue weighted by Gasteiger charge is -2.15. The number of aromatic hydroxyl groups is 1. The zero-order valence-corrected chi connectivity index (χ0v) is 18.6. The minimum absolute atomic E-state index is 0.240. The lowest BCUT2D eigenvalue weighted by atomic mass is 10.0. The van der Waals surface area contributed by atoms with Gasteiger partial charge < -0.3 is 9.84 Å². The van der Waals surface area contributed by atoms with Crippen molar-refractivity contribution in [1.82, 2.24) is 0 Å². The van der Waals surface area contributed by atoms with Crippen molar-refractivity contribution in [2.24, 2.45) is 0 Å². The number of para-hydroxylation sites is 2. The summed E-state index contributed by atoms with van der Waals surface area (Å²) in [5.74, 6) is 1.76. The molecule has 0 amide bonds. The summed E-state index contributed by atoms with van der Waals surface area (Å²) in [6.45, 7) is 4.49. The Morgan fingerprint density at radius 3 is 1.90 bits per heavy atom. The fourth-order valence-corrected chi connectivity index (χ4v) is 3.82. The summed E-state index contributed by atoms with van der Waals surface area (Å²) in [5.41, 5.74) is 2.34. The van der Waals surface area contributed by atoms with Crippen molar-refractivity contribution in [1.29, 1.82) is 0 Å². The van der Waals surface area contributed by atoms with Gasteiger partial charge in [0.2, 0.25) is 0 Å². The van der Waals surface area contributed by atoms with E-state index in [1.54, 1.807) is 6.07 Å². The molecule has 0 radical (unpaired) electrons. The van der Waals surface area contributed by atoms with Gasteiger partial charge in [-0.3, -0.25) is 0 Å². The van der Waals surface area contributed by atoms with Crippen LogP contribution in [0.15, 0.2) is 42.5 Å². The second-order valence-electron chi connectivity index (χ2n) is 8.16. The van der Waals surface area contributed by atoms with E-state index in [0.29, 0.717) is 5.75 Å². The van der Waals surface area contributed by atoms with Gasteiger partial charge in [-0.05, 0) is 48.9 Å². The lowest BCUT2D eigenvalue weighted by molar-refractivity contribution is 0.403. The van der Waals surface area contributed by atoms with Gasteiger partial charge in [-0.25, -0.2) is 0 Å². The van der Waals surface area contributed by atoms with Crippen LogP contribution >= 0.6 is 0 Å².